The molecule has 1 amide bonds. The quantitative estimate of drug-likeness (QED) is 0.233. The SMILES string of the molecule is COc1cccc(/C(O)=C2\C(=O)C(=O)N(CCN(C)C)[C@@H]2c2ccc(OCc3ccc(C)cc3)c(OC)c2)c1. The molecule has 3 aromatic rings. The minimum absolute atomic E-state index is 0.0161. The van der Waals surface area contributed by atoms with E-state index in [0.29, 0.717) is 48.1 Å². The number of hydrogen-bond acceptors (Lipinski definition) is 7. The molecule has 0 radical (unpaired) electrons. The van der Waals surface area contributed by atoms with Gasteiger partial charge in [-0.1, -0.05) is 48.0 Å². The van der Waals surface area contributed by atoms with Gasteiger partial charge in [-0.2, -0.15) is 0 Å². The lowest BCUT2D eigenvalue weighted by Crippen LogP contribution is -2.35. The summed E-state index contributed by atoms with van der Waals surface area (Å²) in [5, 5.41) is 11.3. The third-order valence-corrected chi connectivity index (χ3v) is 6.69. The largest absolute Gasteiger partial charge is 0.507 e. The van der Waals surface area contributed by atoms with Crippen molar-refractivity contribution in [3.8, 4) is 17.2 Å². The molecule has 1 atom stereocenters. The first-order valence-electron chi connectivity index (χ1n) is 12.7. The molecule has 39 heavy (non-hydrogen) atoms. The number of amides is 1. The Morgan fingerprint density at radius 1 is 0.949 bits per heavy atom. The zero-order valence-electron chi connectivity index (χ0n) is 22.9. The highest BCUT2D eigenvalue weighted by molar-refractivity contribution is 6.46. The van der Waals surface area contributed by atoms with E-state index in [4.69, 9.17) is 14.2 Å². The predicted octanol–water partition coefficient (Wildman–Crippen LogP) is 4.57. The van der Waals surface area contributed by atoms with E-state index >= 15 is 0 Å². The molecule has 0 aliphatic carbocycles. The Morgan fingerprint density at radius 2 is 1.69 bits per heavy atom. The van der Waals surface area contributed by atoms with Crippen molar-refractivity contribution in [1.82, 2.24) is 9.80 Å². The molecule has 1 heterocycles. The van der Waals surface area contributed by atoms with Gasteiger partial charge < -0.3 is 29.1 Å². The molecule has 1 saturated heterocycles. The molecular weight excluding hydrogens is 496 g/mol. The number of methoxy groups -OCH3 is 2. The lowest BCUT2D eigenvalue weighted by atomic mass is 9.95. The molecule has 1 N–H and O–H groups in total. The number of likely N-dealkylation sites (N-methyl/N-ethyl adjacent to an activating group) is 1. The fourth-order valence-corrected chi connectivity index (χ4v) is 4.51. The van der Waals surface area contributed by atoms with Crippen molar-refractivity contribution in [3.05, 3.63) is 94.6 Å². The summed E-state index contributed by atoms with van der Waals surface area (Å²) in [4.78, 5) is 29.9. The van der Waals surface area contributed by atoms with Crippen LogP contribution in [0.15, 0.2) is 72.3 Å². The summed E-state index contributed by atoms with van der Waals surface area (Å²) < 4.78 is 17.0. The number of Topliss-reactive ketones (excluding diaryl/α,β-unsaturated/α-hetero) is 1. The lowest BCUT2D eigenvalue weighted by Gasteiger charge is -2.27. The van der Waals surface area contributed by atoms with Crippen LogP contribution in [0.2, 0.25) is 0 Å². The number of ether oxygens (including phenoxy) is 3. The molecule has 0 spiro atoms. The Labute approximate surface area is 229 Å². The molecule has 204 valence electrons. The molecule has 0 aromatic heterocycles. The van der Waals surface area contributed by atoms with E-state index < -0.39 is 17.7 Å². The fraction of sp³-hybridized carbons (Fsp3) is 0.290. The number of aliphatic hydroxyl groups excluding tert-OH is 1. The minimum atomic E-state index is -0.809. The van der Waals surface area contributed by atoms with Gasteiger partial charge in [-0.25, -0.2) is 0 Å². The van der Waals surface area contributed by atoms with Crippen LogP contribution in [0.4, 0.5) is 0 Å². The number of rotatable bonds is 10. The van der Waals surface area contributed by atoms with Crippen molar-refractivity contribution in [2.45, 2.75) is 19.6 Å². The second-order valence-corrected chi connectivity index (χ2v) is 9.71. The number of likely N-dealkylation sites (tertiary alicyclic amines) is 1. The topological polar surface area (TPSA) is 88.5 Å². The van der Waals surface area contributed by atoms with Gasteiger partial charge in [0.05, 0.1) is 25.8 Å². The number of carbonyl (C=O) groups excluding carboxylic acids is 2. The van der Waals surface area contributed by atoms with E-state index in [1.165, 1.54) is 24.7 Å². The number of aliphatic hydroxyl groups is 1. The number of ketones is 1. The van der Waals surface area contributed by atoms with Crippen LogP contribution >= 0.6 is 0 Å². The Morgan fingerprint density at radius 3 is 2.36 bits per heavy atom. The van der Waals surface area contributed by atoms with Gasteiger partial charge >= 0.3 is 0 Å². The summed E-state index contributed by atoms with van der Waals surface area (Å²) in [5.41, 5.74) is 3.21. The van der Waals surface area contributed by atoms with Crippen molar-refractivity contribution in [2.24, 2.45) is 0 Å². The summed E-state index contributed by atoms with van der Waals surface area (Å²) in [7, 11) is 6.85. The summed E-state index contributed by atoms with van der Waals surface area (Å²) in [6.45, 7) is 3.22. The third-order valence-electron chi connectivity index (χ3n) is 6.69. The van der Waals surface area contributed by atoms with E-state index in [1.54, 1.807) is 42.5 Å². The molecule has 4 rings (SSSR count). The molecule has 8 nitrogen and oxygen atoms in total. The molecule has 8 heteroatoms. The first kappa shape index (κ1) is 27.7. The Hall–Kier alpha value is -4.30. The monoisotopic (exact) mass is 530 g/mol. The van der Waals surface area contributed by atoms with Crippen LogP contribution in [0, 0.1) is 6.92 Å². The van der Waals surface area contributed by atoms with Gasteiger partial charge in [0, 0.05) is 18.7 Å². The molecule has 0 unspecified atom stereocenters. The van der Waals surface area contributed by atoms with E-state index in [2.05, 4.69) is 0 Å². The lowest BCUT2D eigenvalue weighted by molar-refractivity contribution is -0.140. The Bertz CT molecular complexity index is 1380. The molecule has 1 aliphatic heterocycles. The zero-order valence-corrected chi connectivity index (χ0v) is 22.9. The van der Waals surface area contributed by atoms with Crippen LogP contribution in [0.1, 0.15) is 28.3 Å². The Balaban J connectivity index is 1.75. The van der Waals surface area contributed by atoms with Crippen LogP contribution in [0.3, 0.4) is 0 Å². The fourth-order valence-electron chi connectivity index (χ4n) is 4.51. The molecule has 0 saturated carbocycles. The van der Waals surface area contributed by atoms with Crippen molar-refractivity contribution < 1.29 is 28.9 Å². The number of nitrogens with zero attached hydrogens (tertiary/aromatic N) is 2. The van der Waals surface area contributed by atoms with E-state index in [-0.39, 0.29) is 11.3 Å². The number of hydrogen-bond donors (Lipinski definition) is 1. The average Bonchev–Trinajstić information content (AvgIpc) is 3.20. The van der Waals surface area contributed by atoms with Gasteiger partial charge in [-0.3, -0.25) is 9.59 Å². The van der Waals surface area contributed by atoms with E-state index in [1.807, 2.05) is 50.2 Å². The van der Waals surface area contributed by atoms with Crippen LogP contribution in [0.5, 0.6) is 17.2 Å². The van der Waals surface area contributed by atoms with Crippen molar-refractivity contribution in [2.75, 3.05) is 41.4 Å². The second-order valence-electron chi connectivity index (χ2n) is 9.71. The first-order valence-corrected chi connectivity index (χ1v) is 12.7. The molecule has 1 aliphatic rings. The molecule has 3 aromatic carbocycles. The van der Waals surface area contributed by atoms with Crippen molar-refractivity contribution in [1.29, 1.82) is 0 Å². The average molecular weight is 531 g/mol. The van der Waals surface area contributed by atoms with Gasteiger partial charge in [-0.05, 0) is 56.4 Å². The van der Waals surface area contributed by atoms with Crippen LogP contribution in [-0.4, -0.2) is 68.0 Å². The van der Waals surface area contributed by atoms with Gasteiger partial charge in [0.25, 0.3) is 11.7 Å². The molecule has 1 fully saturated rings. The van der Waals surface area contributed by atoms with Crippen molar-refractivity contribution in [3.63, 3.8) is 0 Å². The Kier molecular flexibility index (Phi) is 8.56. The summed E-state index contributed by atoms with van der Waals surface area (Å²) >= 11 is 0. The van der Waals surface area contributed by atoms with Gasteiger partial charge in [0.2, 0.25) is 0 Å². The van der Waals surface area contributed by atoms with Gasteiger partial charge in [0.15, 0.2) is 11.5 Å². The maximum atomic E-state index is 13.3. The summed E-state index contributed by atoms with van der Waals surface area (Å²) in [6.07, 6.45) is 0. The van der Waals surface area contributed by atoms with Crippen molar-refractivity contribution >= 4 is 17.4 Å². The van der Waals surface area contributed by atoms with Crippen LogP contribution in [-0.2, 0) is 16.2 Å². The normalized spacial score (nSPS) is 16.6. The minimum Gasteiger partial charge on any atom is -0.507 e. The first-order chi connectivity index (χ1) is 18.7. The summed E-state index contributed by atoms with van der Waals surface area (Å²) in [5.74, 6) is -0.154. The maximum Gasteiger partial charge on any atom is 0.295 e. The smallest absolute Gasteiger partial charge is 0.295 e. The summed E-state index contributed by atoms with van der Waals surface area (Å²) in [6, 6.07) is 19.3. The second kappa shape index (κ2) is 12.0. The van der Waals surface area contributed by atoms with Gasteiger partial charge in [0.1, 0.15) is 18.1 Å². The van der Waals surface area contributed by atoms with E-state index in [9.17, 15) is 14.7 Å². The standard InChI is InChI=1S/C31H34N2O6/c1-20-9-11-21(12-10-20)19-39-25-14-13-22(18-26(25)38-5)28-27(29(34)23-7-6-8-24(17-23)37-4)30(35)31(36)33(28)16-15-32(2)3/h6-14,17-18,28,34H,15-16,19H2,1-5H3/b29-27+/t28-/m1/s1. The highest BCUT2D eigenvalue weighted by atomic mass is 16.5. The van der Waals surface area contributed by atoms with Crippen LogP contribution < -0.4 is 14.2 Å². The third kappa shape index (κ3) is 6.07. The highest BCUT2D eigenvalue weighted by Crippen LogP contribution is 2.42. The maximum absolute atomic E-state index is 13.3. The predicted molar refractivity (Wildman–Crippen MR) is 149 cm³/mol. The zero-order chi connectivity index (χ0) is 28.1. The highest BCUT2D eigenvalue weighted by Gasteiger charge is 2.46. The van der Waals surface area contributed by atoms with Crippen LogP contribution in [0.25, 0.3) is 5.76 Å². The van der Waals surface area contributed by atoms with E-state index in [0.717, 1.165) is 5.56 Å². The molecular formula is C31H34N2O6. The number of benzene rings is 3. The number of aryl methyl sites for hydroxylation is 1. The molecule has 0 bridgehead atoms. The van der Waals surface area contributed by atoms with Gasteiger partial charge in [-0.15, -0.1) is 0 Å². The number of carbonyl (C=O) groups is 2.